The Morgan fingerprint density at radius 1 is 1.50 bits per heavy atom. The number of nitrogens with zero attached hydrogens (tertiary/aromatic N) is 2. The average Bonchev–Trinajstić information content (AvgIpc) is 2.75. The van der Waals surface area contributed by atoms with Crippen LogP contribution >= 0.6 is 0 Å². The second-order valence-electron chi connectivity index (χ2n) is 4.37. The number of pyridine rings is 1. The van der Waals surface area contributed by atoms with E-state index in [-0.39, 0.29) is 17.8 Å². The number of rotatable bonds is 1. The van der Waals surface area contributed by atoms with Crippen LogP contribution in [-0.4, -0.2) is 30.0 Å². The Morgan fingerprint density at radius 2 is 2.38 bits per heavy atom. The zero-order valence-electron chi connectivity index (χ0n) is 8.69. The number of nitrogens with one attached hydrogen (secondary N) is 1. The van der Waals surface area contributed by atoms with Crippen LogP contribution in [0.5, 0.6) is 0 Å². The molecule has 0 saturated carbocycles. The fourth-order valence-electron chi connectivity index (χ4n) is 2.57. The molecule has 0 radical (unpaired) electrons. The zero-order chi connectivity index (χ0) is 11.1. The summed E-state index contributed by atoms with van der Waals surface area (Å²) in [4.78, 5) is 16.9. The van der Waals surface area contributed by atoms with E-state index in [1.807, 2.05) is 4.90 Å². The van der Waals surface area contributed by atoms with E-state index in [9.17, 15) is 9.18 Å². The Bertz CT molecular complexity index is 421. The monoisotopic (exact) mass is 221 g/mol. The van der Waals surface area contributed by atoms with Gasteiger partial charge in [0.25, 0.3) is 0 Å². The molecule has 0 bridgehead atoms. The lowest BCUT2D eigenvalue weighted by Crippen LogP contribution is -2.32. The van der Waals surface area contributed by atoms with Crippen LogP contribution in [0, 0.1) is 11.7 Å². The number of hydrogen-bond donors (Lipinski definition) is 1. The molecule has 0 aliphatic carbocycles. The highest BCUT2D eigenvalue weighted by molar-refractivity contribution is 5.79. The van der Waals surface area contributed by atoms with E-state index in [0.717, 1.165) is 6.54 Å². The molecule has 4 nitrogen and oxygen atoms in total. The summed E-state index contributed by atoms with van der Waals surface area (Å²) in [5, 5.41) is 2.92. The van der Waals surface area contributed by atoms with Gasteiger partial charge in [-0.2, -0.15) is 0 Å². The van der Waals surface area contributed by atoms with Crippen LogP contribution in [0.1, 0.15) is 6.42 Å². The van der Waals surface area contributed by atoms with Crippen LogP contribution in [-0.2, 0) is 4.79 Å². The molecule has 2 saturated heterocycles. The SMILES string of the molecule is O=C1C[C@H]2CN(c3ccncc3F)C[C@H]2N1. The molecule has 5 heteroatoms. The molecule has 2 fully saturated rings. The zero-order valence-corrected chi connectivity index (χ0v) is 8.69. The van der Waals surface area contributed by atoms with Crippen LogP contribution in [0.3, 0.4) is 0 Å². The molecule has 2 atom stereocenters. The van der Waals surface area contributed by atoms with Gasteiger partial charge < -0.3 is 10.2 Å². The molecule has 1 aromatic heterocycles. The van der Waals surface area contributed by atoms with Gasteiger partial charge in [0.15, 0.2) is 5.82 Å². The summed E-state index contributed by atoms with van der Waals surface area (Å²) < 4.78 is 13.5. The van der Waals surface area contributed by atoms with Crippen molar-refractivity contribution >= 4 is 11.6 Å². The van der Waals surface area contributed by atoms with Crippen molar-refractivity contribution in [3.63, 3.8) is 0 Å². The summed E-state index contributed by atoms with van der Waals surface area (Å²) >= 11 is 0. The number of hydrogen-bond acceptors (Lipinski definition) is 3. The highest BCUT2D eigenvalue weighted by Crippen LogP contribution is 2.30. The lowest BCUT2D eigenvalue weighted by molar-refractivity contribution is -0.119. The van der Waals surface area contributed by atoms with Gasteiger partial charge in [0.05, 0.1) is 17.9 Å². The first-order chi connectivity index (χ1) is 7.74. The van der Waals surface area contributed by atoms with Crippen LogP contribution < -0.4 is 10.2 Å². The maximum Gasteiger partial charge on any atom is 0.220 e. The smallest absolute Gasteiger partial charge is 0.220 e. The molecular formula is C11H12FN3O. The number of carbonyl (C=O) groups excluding carboxylic acids is 1. The van der Waals surface area contributed by atoms with Gasteiger partial charge >= 0.3 is 0 Å². The number of halogens is 1. The molecule has 2 aliphatic heterocycles. The van der Waals surface area contributed by atoms with E-state index in [1.54, 1.807) is 12.3 Å². The lowest BCUT2D eigenvalue weighted by atomic mass is 10.1. The number of amides is 1. The molecule has 0 aromatic carbocycles. The third kappa shape index (κ3) is 1.43. The Morgan fingerprint density at radius 3 is 3.12 bits per heavy atom. The standard InChI is InChI=1S/C11H12FN3O/c12-8-4-13-2-1-10(8)15-5-7-3-11(16)14-9(7)6-15/h1-2,4,7,9H,3,5-6H2,(H,14,16)/t7-,9+/m0/s1. The minimum absolute atomic E-state index is 0.116. The Kier molecular flexibility index (Phi) is 2.05. The van der Waals surface area contributed by atoms with Crippen LogP contribution in [0.25, 0.3) is 0 Å². The Labute approximate surface area is 92.5 Å². The van der Waals surface area contributed by atoms with Gasteiger partial charge in [-0.25, -0.2) is 4.39 Å². The van der Waals surface area contributed by atoms with Crippen molar-refractivity contribution in [1.29, 1.82) is 0 Å². The van der Waals surface area contributed by atoms with Crippen molar-refractivity contribution in [3.05, 3.63) is 24.3 Å². The normalized spacial score (nSPS) is 28.1. The Hall–Kier alpha value is -1.65. The summed E-state index contributed by atoms with van der Waals surface area (Å²) in [5.74, 6) is 0.138. The van der Waals surface area contributed by atoms with Gasteiger partial charge in [0, 0.05) is 31.6 Å². The highest BCUT2D eigenvalue weighted by atomic mass is 19.1. The number of anilines is 1. The molecule has 1 N–H and O–H groups in total. The van der Waals surface area contributed by atoms with E-state index < -0.39 is 0 Å². The van der Waals surface area contributed by atoms with Crippen molar-refractivity contribution in [2.45, 2.75) is 12.5 Å². The Balaban J connectivity index is 1.81. The van der Waals surface area contributed by atoms with E-state index in [1.165, 1.54) is 6.20 Å². The van der Waals surface area contributed by atoms with Gasteiger partial charge in [-0.1, -0.05) is 0 Å². The van der Waals surface area contributed by atoms with Gasteiger partial charge in [-0.3, -0.25) is 9.78 Å². The predicted molar refractivity (Wildman–Crippen MR) is 56.4 cm³/mol. The largest absolute Gasteiger partial charge is 0.367 e. The molecule has 0 unspecified atom stereocenters. The van der Waals surface area contributed by atoms with Gasteiger partial charge in [-0.05, 0) is 6.07 Å². The molecule has 84 valence electrons. The first kappa shape index (κ1) is 9.57. The quantitative estimate of drug-likeness (QED) is 0.753. The topological polar surface area (TPSA) is 45.2 Å². The summed E-state index contributed by atoms with van der Waals surface area (Å²) in [6, 6.07) is 1.86. The van der Waals surface area contributed by atoms with Crippen LogP contribution in [0.4, 0.5) is 10.1 Å². The van der Waals surface area contributed by atoms with Gasteiger partial charge in [-0.15, -0.1) is 0 Å². The van der Waals surface area contributed by atoms with E-state index in [0.29, 0.717) is 24.6 Å². The van der Waals surface area contributed by atoms with Crippen molar-refractivity contribution < 1.29 is 9.18 Å². The molecule has 2 aliphatic rings. The van der Waals surface area contributed by atoms with Crippen molar-refractivity contribution in [2.24, 2.45) is 5.92 Å². The van der Waals surface area contributed by atoms with E-state index in [2.05, 4.69) is 10.3 Å². The fraction of sp³-hybridized carbons (Fsp3) is 0.455. The van der Waals surface area contributed by atoms with Crippen molar-refractivity contribution in [2.75, 3.05) is 18.0 Å². The highest BCUT2D eigenvalue weighted by Gasteiger charge is 2.40. The molecule has 3 heterocycles. The molecule has 1 aromatic rings. The molecular weight excluding hydrogens is 209 g/mol. The van der Waals surface area contributed by atoms with Crippen molar-refractivity contribution in [3.8, 4) is 0 Å². The number of fused-ring (bicyclic) bond motifs is 1. The minimum Gasteiger partial charge on any atom is -0.367 e. The maximum atomic E-state index is 13.5. The number of aromatic nitrogens is 1. The lowest BCUT2D eigenvalue weighted by Gasteiger charge is -2.19. The molecule has 0 spiro atoms. The average molecular weight is 221 g/mol. The van der Waals surface area contributed by atoms with E-state index >= 15 is 0 Å². The molecule has 16 heavy (non-hydrogen) atoms. The van der Waals surface area contributed by atoms with Gasteiger partial charge in [0.1, 0.15) is 0 Å². The third-order valence-corrected chi connectivity index (χ3v) is 3.33. The third-order valence-electron chi connectivity index (χ3n) is 3.33. The second kappa shape index (κ2) is 3.43. The first-order valence-corrected chi connectivity index (χ1v) is 5.38. The second-order valence-corrected chi connectivity index (χ2v) is 4.37. The van der Waals surface area contributed by atoms with Crippen molar-refractivity contribution in [1.82, 2.24) is 10.3 Å². The summed E-state index contributed by atoms with van der Waals surface area (Å²) in [5.41, 5.74) is 0.582. The minimum atomic E-state index is -0.297. The first-order valence-electron chi connectivity index (χ1n) is 5.38. The fourth-order valence-corrected chi connectivity index (χ4v) is 2.57. The summed E-state index contributed by atoms with van der Waals surface area (Å²) in [6.07, 6.45) is 3.38. The summed E-state index contributed by atoms with van der Waals surface area (Å²) in [6.45, 7) is 1.43. The van der Waals surface area contributed by atoms with Crippen LogP contribution in [0.2, 0.25) is 0 Å². The van der Waals surface area contributed by atoms with Crippen LogP contribution in [0.15, 0.2) is 18.5 Å². The summed E-state index contributed by atoms with van der Waals surface area (Å²) in [7, 11) is 0. The number of carbonyl (C=O) groups is 1. The van der Waals surface area contributed by atoms with E-state index in [4.69, 9.17) is 0 Å². The maximum absolute atomic E-state index is 13.5. The molecule has 1 amide bonds. The molecule has 3 rings (SSSR count). The predicted octanol–water partition coefficient (Wildman–Crippen LogP) is 0.545. The van der Waals surface area contributed by atoms with Gasteiger partial charge in [0.2, 0.25) is 5.91 Å².